The molecule has 1 amide bonds. The second kappa shape index (κ2) is 8.65. The van der Waals surface area contributed by atoms with Gasteiger partial charge < -0.3 is 4.74 Å². The van der Waals surface area contributed by atoms with Crippen LogP contribution in [0.1, 0.15) is 52.0 Å². The van der Waals surface area contributed by atoms with Crippen LogP contribution in [0.2, 0.25) is 0 Å². The molecule has 1 aliphatic carbocycles. The average Bonchev–Trinajstić information content (AvgIpc) is 2.59. The van der Waals surface area contributed by atoms with Gasteiger partial charge >= 0.3 is 0 Å². The topological polar surface area (TPSA) is 50.7 Å². The van der Waals surface area contributed by atoms with Crippen LogP contribution in [0.25, 0.3) is 0 Å². The van der Waals surface area contributed by atoms with E-state index in [2.05, 4.69) is 37.0 Å². The van der Waals surface area contributed by atoms with Gasteiger partial charge in [0, 0.05) is 0 Å². The van der Waals surface area contributed by atoms with Crippen LogP contribution in [0.15, 0.2) is 53.2 Å². The Morgan fingerprint density at radius 1 is 1.40 bits per heavy atom. The predicted molar refractivity (Wildman–Crippen MR) is 103 cm³/mol. The van der Waals surface area contributed by atoms with Gasteiger partial charge in [-0.15, -0.1) is 0 Å². The first-order valence-electron chi connectivity index (χ1n) is 8.78. The van der Waals surface area contributed by atoms with Crippen molar-refractivity contribution >= 4 is 11.6 Å². The lowest BCUT2D eigenvalue weighted by Gasteiger charge is -2.22. The Morgan fingerprint density at radius 3 is 2.80 bits per heavy atom. The molecule has 1 aromatic carbocycles. The summed E-state index contributed by atoms with van der Waals surface area (Å²) in [6, 6.07) is 7.80. The number of para-hydroxylation sites is 1. The van der Waals surface area contributed by atoms with Crippen LogP contribution in [-0.4, -0.2) is 18.2 Å². The third kappa shape index (κ3) is 5.31. The van der Waals surface area contributed by atoms with Crippen LogP contribution < -0.4 is 10.2 Å². The van der Waals surface area contributed by atoms with Crippen molar-refractivity contribution < 1.29 is 9.53 Å². The molecule has 0 radical (unpaired) electrons. The number of benzene rings is 1. The number of hydrogen-bond acceptors (Lipinski definition) is 3. The minimum atomic E-state index is -0.253. The summed E-state index contributed by atoms with van der Waals surface area (Å²) in [5.41, 5.74) is 6.89. The van der Waals surface area contributed by atoms with Gasteiger partial charge in [-0.3, -0.25) is 4.79 Å². The van der Waals surface area contributed by atoms with Crippen LogP contribution in [0.4, 0.5) is 0 Å². The summed E-state index contributed by atoms with van der Waals surface area (Å²) < 4.78 is 5.68. The van der Waals surface area contributed by atoms with Crippen molar-refractivity contribution in [3.63, 3.8) is 0 Å². The van der Waals surface area contributed by atoms with E-state index in [1.54, 1.807) is 0 Å². The van der Waals surface area contributed by atoms with Gasteiger partial charge in [0.15, 0.2) is 6.61 Å². The summed E-state index contributed by atoms with van der Waals surface area (Å²) in [7, 11) is 0. The van der Waals surface area contributed by atoms with E-state index < -0.39 is 0 Å². The van der Waals surface area contributed by atoms with E-state index in [1.807, 2.05) is 38.1 Å². The van der Waals surface area contributed by atoms with Crippen LogP contribution >= 0.6 is 0 Å². The Morgan fingerprint density at radius 2 is 2.12 bits per heavy atom. The zero-order chi connectivity index (χ0) is 18.4. The number of hydrazone groups is 1. The number of nitrogens with one attached hydrogen (secondary N) is 1. The van der Waals surface area contributed by atoms with E-state index in [0.717, 1.165) is 41.0 Å². The molecular weight excluding hydrogens is 312 g/mol. The van der Waals surface area contributed by atoms with Crippen molar-refractivity contribution in [1.29, 1.82) is 0 Å². The van der Waals surface area contributed by atoms with Gasteiger partial charge in [-0.05, 0) is 55.7 Å². The molecule has 1 N–H and O–H groups in total. The molecule has 0 heterocycles. The fraction of sp³-hybridized carbons (Fsp3) is 0.429. The number of amides is 1. The molecule has 25 heavy (non-hydrogen) atoms. The largest absolute Gasteiger partial charge is 0.483 e. The third-order valence-corrected chi connectivity index (χ3v) is 4.52. The van der Waals surface area contributed by atoms with Gasteiger partial charge in [0.25, 0.3) is 5.91 Å². The quantitative estimate of drug-likeness (QED) is 0.608. The molecule has 1 aliphatic rings. The first kappa shape index (κ1) is 19.0. The molecule has 0 aliphatic heterocycles. The summed E-state index contributed by atoms with van der Waals surface area (Å²) in [6.07, 6.45) is 3.96. The lowest BCUT2D eigenvalue weighted by Crippen LogP contribution is -2.27. The van der Waals surface area contributed by atoms with Gasteiger partial charge in [0.1, 0.15) is 5.75 Å². The number of carbonyl (C=O) groups is 1. The van der Waals surface area contributed by atoms with Crippen LogP contribution in [0.5, 0.6) is 5.75 Å². The highest BCUT2D eigenvalue weighted by atomic mass is 16.5. The number of ether oxygens (including phenoxy) is 1. The Balaban J connectivity index is 1.94. The molecule has 2 rings (SSSR count). The zero-order valence-corrected chi connectivity index (χ0v) is 15.6. The van der Waals surface area contributed by atoms with Gasteiger partial charge in [-0.2, -0.15) is 5.10 Å². The van der Waals surface area contributed by atoms with Crippen LogP contribution in [0, 0.1) is 5.92 Å². The number of carbonyl (C=O) groups excluding carboxylic acids is 1. The van der Waals surface area contributed by atoms with E-state index >= 15 is 0 Å². The first-order valence-corrected chi connectivity index (χ1v) is 8.78. The average molecular weight is 340 g/mol. The van der Waals surface area contributed by atoms with Crippen molar-refractivity contribution in [3.05, 3.63) is 53.6 Å². The van der Waals surface area contributed by atoms with E-state index in [-0.39, 0.29) is 12.5 Å². The number of nitrogens with zero attached hydrogens (tertiary/aromatic N) is 1. The number of hydrogen-bond donors (Lipinski definition) is 1. The monoisotopic (exact) mass is 340 g/mol. The SMILES string of the molecule is C=C(C)C1CC=C(C)C(=NNC(=O)COc2ccccc2C(C)C)C1. The molecule has 0 fully saturated rings. The molecule has 1 unspecified atom stereocenters. The molecule has 1 atom stereocenters. The second-order valence-electron chi connectivity index (χ2n) is 6.94. The first-order chi connectivity index (χ1) is 11.9. The summed E-state index contributed by atoms with van der Waals surface area (Å²) in [6.45, 7) is 12.2. The molecule has 0 aromatic heterocycles. The highest BCUT2D eigenvalue weighted by molar-refractivity contribution is 6.01. The van der Waals surface area contributed by atoms with Gasteiger partial charge in [-0.25, -0.2) is 5.43 Å². The predicted octanol–water partition coefficient (Wildman–Crippen LogP) is 4.59. The minimum absolute atomic E-state index is 0.0484. The van der Waals surface area contributed by atoms with Crippen molar-refractivity contribution in [2.45, 2.75) is 46.5 Å². The van der Waals surface area contributed by atoms with E-state index in [9.17, 15) is 4.79 Å². The minimum Gasteiger partial charge on any atom is -0.483 e. The molecule has 134 valence electrons. The van der Waals surface area contributed by atoms with Crippen molar-refractivity contribution in [2.24, 2.45) is 11.0 Å². The van der Waals surface area contributed by atoms with Crippen molar-refractivity contribution in [2.75, 3.05) is 6.61 Å². The second-order valence-corrected chi connectivity index (χ2v) is 6.94. The summed E-state index contributed by atoms with van der Waals surface area (Å²) >= 11 is 0. The third-order valence-electron chi connectivity index (χ3n) is 4.52. The van der Waals surface area contributed by atoms with Crippen molar-refractivity contribution in [3.8, 4) is 5.75 Å². The number of allylic oxidation sites excluding steroid dienone is 3. The number of rotatable bonds is 6. The fourth-order valence-electron chi connectivity index (χ4n) is 2.82. The summed E-state index contributed by atoms with van der Waals surface area (Å²) in [5.74, 6) is 1.23. The Bertz CT molecular complexity index is 702. The highest BCUT2D eigenvalue weighted by Gasteiger charge is 2.19. The van der Waals surface area contributed by atoms with Gasteiger partial charge in [-0.1, -0.05) is 50.3 Å². The fourth-order valence-corrected chi connectivity index (χ4v) is 2.82. The van der Waals surface area contributed by atoms with Crippen molar-refractivity contribution in [1.82, 2.24) is 5.43 Å². The van der Waals surface area contributed by atoms with E-state index in [0.29, 0.717) is 11.8 Å². The van der Waals surface area contributed by atoms with Crippen LogP contribution in [0.3, 0.4) is 0 Å². The van der Waals surface area contributed by atoms with E-state index in [4.69, 9.17) is 4.74 Å². The lowest BCUT2D eigenvalue weighted by molar-refractivity contribution is -0.123. The maximum Gasteiger partial charge on any atom is 0.277 e. The zero-order valence-electron chi connectivity index (χ0n) is 15.6. The Hall–Kier alpha value is -2.36. The van der Waals surface area contributed by atoms with Crippen LogP contribution in [-0.2, 0) is 4.79 Å². The van der Waals surface area contributed by atoms with Gasteiger partial charge in [0.05, 0.1) is 5.71 Å². The molecule has 4 heteroatoms. The maximum absolute atomic E-state index is 12.1. The molecule has 4 nitrogen and oxygen atoms in total. The Kier molecular flexibility index (Phi) is 6.57. The molecule has 0 spiro atoms. The molecular formula is C21H28N2O2. The molecule has 0 saturated carbocycles. The molecule has 0 saturated heterocycles. The lowest BCUT2D eigenvalue weighted by atomic mass is 9.85. The summed E-state index contributed by atoms with van der Waals surface area (Å²) in [5, 5.41) is 4.29. The van der Waals surface area contributed by atoms with Gasteiger partial charge in [0.2, 0.25) is 0 Å². The highest BCUT2D eigenvalue weighted by Crippen LogP contribution is 2.27. The maximum atomic E-state index is 12.1. The smallest absolute Gasteiger partial charge is 0.277 e. The van der Waals surface area contributed by atoms with E-state index in [1.165, 1.54) is 0 Å². The molecule has 0 bridgehead atoms. The standard InChI is InChI=1S/C21H28N2O2/c1-14(2)17-11-10-16(5)19(12-17)22-23-21(24)13-25-20-9-7-6-8-18(20)15(3)4/h6-10,15,17H,1,11-13H2,2-5H3,(H,23,24). The summed E-state index contributed by atoms with van der Waals surface area (Å²) in [4.78, 5) is 12.1. The Labute approximate surface area is 150 Å². The molecule has 1 aromatic rings. The normalized spacial score (nSPS) is 18.8.